The van der Waals surface area contributed by atoms with E-state index >= 15 is 0 Å². The third-order valence-corrected chi connectivity index (χ3v) is 2.40. The number of hydrogen-bond acceptors (Lipinski definition) is 4. The van der Waals surface area contributed by atoms with Gasteiger partial charge in [0.15, 0.2) is 0 Å². The summed E-state index contributed by atoms with van der Waals surface area (Å²) in [6.45, 7) is 0.304. The molecule has 0 aliphatic heterocycles. The molecule has 2 rings (SSSR count). The SMILES string of the molecule is O=C(O)C=CC(=O)O.O=C(OCc1ccccc1)c1ccc[nH]1. The van der Waals surface area contributed by atoms with Gasteiger partial charge in [-0.2, -0.15) is 0 Å². The highest BCUT2D eigenvalue weighted by atomic mass is 16.5. The van der Waals surface area contributed by atoms with Crippen LogP contribution < -0.4 is 0 Å². The Balaban J connectivity index is 0.000000284. The Morgan fingerprint density at radius 1 is 0.957 bits per heavy atom. The molecule has 3 N–H and O–H groups in total. The lowest BCUT2D eigenvalue weighted by molar-refractivity contribution is -0.134. The Morgan fingerprint density at radius 2 is 1.57 bits per heavy atom. The van der Waals surface area contributed by atoms with E-state index in [1.807, 2.05) is 30.3 Å². The molecule has 1 aromatic heterocycles. The number of nitrogens with one attached hydrogen (secondary N) is 1. The largest absolute Gasteiger partial charge is 0.478 e. The minimum atomic E-state index is -1.26. The summed E-state index contributed by atoms with van der Waals surface area (Å²) in [5.74, 6) is -2.84. The van der Waals surface area contributed by atoms with E-state index in [2.05, 4.69) is 4.98 Å². The van der Waals surface area contributed by atoms with Crippen molar-refractivity contribution >= 4 is 17.9 Å². The molecule has 7 heteroatoms. The first-order valence-corrected chi connectivity index (χ1v) is 6.47. The van der Waals surface area contributed by atoms with Gasteiger partial charge in [0.1, 0.15) is 12.3 Å². The summed E-state index contributed by atoms with van der Waals surface area (Å²) in [6.07, 6.45) is 2.81. The maximum absolute atomic E-state index is 11.4. The molecule has 0 aliphatic rings. The van der Waals surface area contributed by atoms with E-state index in [4.69, 9.17) is 14.9 Å². The van der Waals surface area contributed by atoms with Gasteiger partial charge in [-0.25, -0.2) is 14.4 Å². The van der Waals surface area contributed by atoms with Crippen LogP contribution >= 0.6 is 0 Å². The van der Waals surface area contributed by atoms with E-state index in [1.165, 1.54) is 0 Å². The fraction of sp³-hybridized carbons (Fsp3) is 0.0625. The summed E-state index contributed by atoms with van der Waals surface area (Å²) in [4.78, 5) is 33.3. The number of rotatable bonds is 5. The number of hydrogen-bond donors (Lipinski definition) is 3. The molecule has 7 nitrogen and oxygen atoms in total. The van der Waals surface area contributed by atoms with Gasteiger partial charge in [0.05, 0.1) is 0 Å². The molecule has 2 aromatic rings. The number of aromatic amines is 1. The molecule has 0 spiro atoms. The Bertz CT molecular complexity index is 645. The van der Waals surface area contributed by atoms with Gasteiger partial charge in [0.2, 0.25) is 0 Å². The topological polar surface area (TPSA) is 117 Å². The second kappa shape index (κ2) is 9.56. The van der Waals surface area contributed by atoms with E-state index < -0.39 is 11.9 Å². The summed E-state index contributed by atoms with van der Waals surface area (Å²) in [5, 5.41) is 15.6. The van der Waals surface area contributed by atoms with Gasteiger partial charge in [-0.15, -0.1) is 0 Å². The van der Waals surface area contributed by atoms with Crippen LogP contribution in [0.25, 0.3) is 0 Å². The molecule has 0 radical (unpaired) electrons. The zero-order valence-corrected chi connectivity index (χ0v) is 12.0. The Kier molecular flexibility index (Phi) is 7.36. The summed E-state index contributed by atoms with van der Waals surface area (Å²) in [6, 6.07) is 13.0. The average Bonchev–Trinajstić information content (AvgIpc) is 3.07. The van der Waals surface area contributed by atoms with Gasteiger partial charge in [-0.05, 0) is 17.7 Å². The van der Waals surface area contributed by atoms with Crippen molar-refractivity contribution in [3.05, 3.63) is 72.1 Å². The lowest BCUT2D eigenvalue weighted by Gasteiger charge is -2.02. The van der Waals surface area contributed by atoms with Crippen LogP contribution in [0.2, 0.25) is 0 Å². The number of H-pyrrole nitrogens is 1. The number of aromatic nitrogens is 1. The highest BCUT2D eigenvalue weighted by Crippen LogP contribution is 2.04. The lowest BCUT2D eigenvalue weighted by Crippen LogP contribution is -2.05. The van der Waals surface area contributed by atoms with Crippen molar-refractivity contribution < 1.29 is 29.3 Å². The molecule has 0 atom stereocenters. The number of carbonyl (C=O) groups excluding carboxylic acids is 1. The maximum Gasteiger partial charge on any atom is 0.355 e. The van der Waals surface area contributed by atoms with Crippen molar-refractivity contribution in [2.45, 2.75) is 6.61 Å². The second-order valence-corrected chi connectivity index (χ2v) is 4.16. The maximum atomic E-state index is 11.4. The number of carboxylic acid groups (broad SMARTS) is 2. The Labute approximate surface area is 131 Å². The molecule has 1 aromatic carbocycles. The summed E-state index contributed by atoms with van der Waals surface area (Å²) in [5.41, 5.74) is 1.46. The normalized spacial score (nSPS) is 9.74. The van der Waals surface area contributed by atoms with Gasteiger partial charge in [0, 0.05) is 18.3 Å². The van der Waals surface area contributed by atoms with E-state index in [0.29, 0.717) is 24.5 Å². The molecule has 0 amide bonds. The van der Waals surface area contributed by atoms with E-state index in [0.717, 1.165) is 5.56 Å². The molecule has 23 heavy (non-hydrogen) atoms. The molecular formula is C16H15NO6. The van der Waals surface area contributed by atoms with Crippen molar-refractivity contribution in [2.75, 3.05) is 0 Å². The highest BCUT2D eigenvalue weighted by Gasteiger charge is 2.06. The fourth-order valence-corrected chi connectivity index (χ4v) is 1.40. The van der Waals surface area contributed by atoms with Crippen molar-refractivity contribution in [3.8, 4) is 0 Å². The molecule has 0 unspecified atom stereocenters. The van der Waals surface area contributed by atoms with E-state index in [9.17, 15) is 14.4 Å². The van der Waals surface area contributed by atoms with E-state index in [-0.39, 0.29) is 5.97 Å². The van der Waals surface area contributed by atoms with Gasteiger partial charge in [-0.3, -0.25) is 0 Å². The standard InChI is InChI=1S/C12H11NO2.C4H4O4/c14-12(11-7-4-8-13-11)15-9-10-5-2-1-3-6-10;5-3(6)1-2-4(7)8/h1-8,13H,9H2;1-2H,(H,5,6)(H,7,8). The monoisotopic (exact) mass is 317 g/mol. The highest BCUT2D eigenvalue weighted by molar-refractivity contribution is 5.89. The molecule has 0 saturated heterocycles. The minimum Gasteiger partial charge on any atom is -0.478 e. The number of aliphatic carboxylic acids is 2. The summed E-state index contributed by atoms with van der Waals surface area (Å²) >= 11 is 0. The summed E-state index contributed by atoms with van der Waals surface area (Å²) < 4.78 is 5.10. The quantitative estimate of drug-likeness (QED) is 0.574. The smallest absolute Gasteiger partial charge is 0.355 e. The van der Waals surface area contributed by atoms with E-state index in [1.54, 1.807) is 18.3 Å². The van der Waals surface area contributed by atoms with Crippen LogP contribution in [-0.2, 0) is 20.9 Å². The van der Waals surface area contributed by atoms with Crippen molar-refractivity contribution in [2.24, 2.45) is 0 Å². The van der Waals surface area contributed by atoms with Crippen LogP contribution in [0.5, 0.6) is 0 Å². The van der Waals surface area contributed by atoms with Gasteiger partial charge in [-0.1, -0.05) is 30.3 Å². The van der Waals surface area contributed by atoms with Gasteiger partial charge >= 0.3 is 17.9 Å². The first-order chi connectivity index (χ1) is 11.0. The van der Waals surface area contributed by atoms with Crippen molar-refractivity contribution in [1.29, 1.82) is 0 Å². The molecule has 120 valence electrons. The molecule has 0 saturated carbocycles. The van der Waals surface area contributed by atoms with Crippen LogP contribution in [0.15, 0.2) is 60.8 Å². The number of carbonyl (C=O) groups is 3. The zero-order valence-electron chi connectivity index (χ0n) is 12.0. The first kappa shape index (κ1) is 17.7. The second-order valence-electron chi connectivity index (χ2n) is 4.16. The Morgan fingerprint density at radius 3 is 2.04 bits per heavy atom. The van der Waals surface area contributed by atoms with Crippen LogP contribution in [0.3, 0.4) is 0 Å². The molecular weight excluding hydrogens is 302 g/mol. The van der Waals surface area contributed by atoms with Crippen LogP contribution in [0, 0.1) is 0 Å². The molecule has 0 fully saturated rings. The third-order valence-electron chi connectivity index (χ3n) is 2.40. The third kappa shape index (κ3) is 7.86. The number of ether oxygens (including phenoxy) is 1. The van der Waals surface area contributed by atoms with Crippen LogP contribution in [0.1, 0.15) is 16.1 Å². The lowest BCUT2D eigenvalue weighted by atomic mass is 10.2. The van der Waals surface area contributed by atoms with Crippen molar-refractivity contribution in [1.82, 2.24) is 4.98 Å². The average molecular weight is 317 g/mol. The predicted octanol–water partition coefficient (Wildman–Crippen LogP) is 2.08. The Hall–Kier alpha value is -3.35. The fourth-order valence-electron chi connectivity index (χ4n) is 1.40. The number of esters is 1. The number of carboxylic acids is 2. The predicted molar refractivity (Wildman–Crippen MR) is 80.8 cm³/mol. The minimum absolute atomic E-state index is 0.304. The summed E-state index contributed by atoms with van der Waals surface area (Å²) in [7, 11) is 0. The molecule has 0 aliphatic carbocycles. The molecule has 0 bridgehead atoms. The van der Waals surface area contributed by atoms with Crippen molar-refractivity contribution in [3.63, 3.8) is 0 Å². The van der Waals surface area contributed by atoms with Crippen LogP contribution in [-0.4, -0.2) is 33.1 Å². The van der Waals surface area contributed by atoms with Gasteiger partial charge in [0.25, 0.3) is 0 Å². The van der Waals surface area contributed by atoms with Crippen LogP contribution in [0.4, 0.5) is 0 Å². The molecule has 1 heterocycles. The van der Waals surface area contributed by atoms with Gasteiger partial charge < -0.3 is 19.9 Å². The first-order valence-electron chi connectivity index (χ1n) is 6.47. The zero-order chi connectivity index (χ0) is 17.1. The number of benzene rings is 1.